The standard InChI is InChI=1S/C22H24N2O4/c25-19-12-11-18(14-19)23-21(26)20(13-16-7-3-1-4-8-16)24-22(27)28-15-17-9-5-2-6-10-17/h1-12,18-20,25H,13-15H2,(H,23,26)(H,24,27)/t18-,19+,20-/m0/s1. The molecule has 0 fully saturated rings. The van der Waals surface area contributed by atoms with E-state index in [1.54, 1.807) is 12.2 Å². The zero-order valence-electron chi connectivity index (χ0n) is 15.5. The summed E-state index contributed by atoms with van der Waals surface area (Å²) in [4.78, 5) is 25.0. The third-order valence-electron chi connectivity index (χ3n) is 4.49. The molecule has 0 heterocycles. The molecule has 3 N–H and O–H groups in total. The molecule has 0 spiro atoms. The quantitative estimate of drug-likeness (QED) is 0.644. The molecule has 0 saturated carbocycles. The van der Waals surface area contributed by atoms with E-state index in [1.165, 1.54) is 0 Å². The van der Waals surface area contributed by atoms with Gasteiger partial charge >= 0.3 is 6.09 Å². The number of hydrogen-bond donors (Lipinski definition) is 3. The van der Waals surface area contributed by atoms with Gasteiger partial charge in [0.25, 0.3) is 0 Å². The van der Waals surface area contributed by atoms with Crippen LogP contribution in [0.25, 0.3) is 0 Å². The smallest absolute Gasteiger partial charge is 0.408 e. The van der Waals surface area contributed by atoms with Crippen LogP contribution in [0.15, 0.2) is 72.8 Å². The minimum atomic E-state index is -0.781. The highest BCUT2D eigenvalue weighted by Gasteiger charge is 2.26. The summed E-state index contributed by atoms with van der Waals surface area (Å²) in [5, 5.41) is 15.1. The van der Waals surface area contributed by atoms with Crippen molar-refractivity contribution in [3.63, 3.8) is 0 Å². The van der Waals surface area contributed by atoms with E-state index < -0.39 is 18.2 Å². The summed E-state index contributed by atoms with van der Waals surface area (Å²) in [6.45, 7) is 0.129. The lowest BCUT2D eigenvalue weighted by atomic mass is 10.0. The number of nitrogens with one attached hydrogen (secondary N) is 2. The maximum atomic E-state index is 12.7. The summed E-state index contributed by atoms with van der Waals surface area (Å²) in [5.74, 6) is -0.315. The number of rotatable bonds is 7. The summed E-state index contributed by atoms with van der Waals surface area (Å²) in [6, 6.07) is 17.8. The van der Waals surface area contributed by atoms with Gasteiger partial charge in [-0.25, -0.2) is 4.79 Å². The molecule has 0 aromatic heterocycles. The van der Waals surface area contributed by atoms with Crippen LogP contribution in [-0.2, 0) is 22.6 Å². The van der Waals surface area contributed by atoms with Gasteiger partial charge in [0.05, 0.1) is 12.1 Å². The largest absolute Gasteiger partial charge is 0.445 e. The van der Waals surface area contributed by atoms with E-state index >= 15 is 0 Å². The molecule has 3 rings (SSSR count). The van der Waals surface area contributed by atoms with E-state index in [1.807, 2.05) is 60.7 Å². The lowest BCUT2D eigenvalue weighted by Crippen LogP contribution is -2.50. The van der Waals surface area contributed by atoms with Crippen LogP contribution >= 0.6 is 0 Å². The molecule has 1 aliphatic rings. The topological polar surface area (TPSA) is 87.7 Å². The number of aliphatic hydroxyl groups is 1. The third-order valence-corrected chi connectivity index (χ3v) is 4.49. The molecular weight excluding hydrogens is 356 g/mol. The highest BCUT2D eigenvalue weighted by atomic mass is 16.5. The molecule has 0 bridgehead atoms. The molecular formula is C22H24N2O4. The molecule has 2 aromatic rings. The van der Waals surface area contributed by atoms with Crippen molar-refractivity contribution in [3.8, 4) is 0 Å². The molecule has 0 unspecified atom stereocenters. The van der Waals surface area contributed by atoms with Crippen molar-refractivity contribution in [1.82, 2.24) is 10.6 Å². The van der Waals surface area contributed by atoms with E-state index in [0.29, 0.717) is 12.8 Å². The van der Waals surface area contributed by atoms with Crippen LogP contribution in [0.1, 0.15) is 17.5 Å². The molecule has 0 radical (unpaired) electrons. The number of alkyl carbamates (subject to hydrolysis) is 1. The van der Waals surface area contributed by atoms with Crippen molar-refractivity contribution in [2.24, 2.45) is 0 Å². The second-order valence-electron chi connectivity index (χ2n) is 6.75. The Hall–Kier alpha value is -3.12. The van der Waals surface area contributed by atoms with Crippen LogP contribution in [0.3, 0.4) is 0 Å². The Labute approximate surface area is 164 Å². The van der Waals surface area contributed by atoms with Crippen molar-refractivity contribution in [2.75, 3.05) is 0 Å². The number of aliphatic hydroxyl groups excluding tert-OH is 1. The summed E-state index contributed by atoms with van der Waals surface area (Å²) >= 11 is 0. The van der Waals surface area contributed by atoms with Gasteiger partial charge in [-0.2, -0.15) is 0 Å². The van der Waals surface area contributed by atoms with Crippen molar-refractivity contribution in [2.45, 2.75) is 37.6 Å². The van der Waals surface area contributed by atoms with Gasteiger partial charge in [-0.15, -0.1) is 0 Å². The molecule has 2 aromatic carbocycles. The molecule has 6 nitrogen and oxygen atoms in total. The predicted octanol–water partition coefficient (Wildman–Crippen LogP) is 2.33. The Morgan fingerprint density at radius 2 is 1.64 bits per heavy atom. The van der Waals surface area contributed by atoms with Crippen LogP contribution in [0, 0.1) is 0 Å². The van der Waals surface area contributed by atoms with Gasteiger partial charge in [-0.05, 0) is 11.1 Å². The second kappa shape index (κ2) is 9.71. The Morgan fingerprint density at radius 1 is 1.00 bits per heavy atom. The van der Waals surface area contributed by atoms with Gasteiger partial charge in [0.1, 0.15) is 12.6 Å². The number of ether oxygens (including phenoxy) is 1. The van der Waals surface area contributed by atoms with Gasteiger partial charge in [0.2, 0.25) is 5.91 Å². The fourth-order valence-electron chi connectivity index (χ4n) is 3.04. The van der Waals surface area contributed by atoms with Crippen molar-refractivity contribution in [1.29, 1.82) is 0 Å². The number of amides is 2. The van der Waals surface area contributed by atoms with Gasteiger partial charge in [-0.1, -0.05) is 72.8 Å². The Kier molecular flexibility index (Phi) is 6.81. The van der Waals surface area contributed by atoms with Gasteiger partial charge in [0.15, 0.2) is 0 Å². The first-order valence-electron chi connectivity index (χ1n) is 9.28. The maximum absolute atomic E-state index is 12.7. The molecule has 0 aliphatic heterocycles. The summed E-state index contributed by atoms with van der Waals surface area (Å²) in [7, 11) is 0. The minimum absolute atomic E-state index is 0.129. The van der Waals surface area contributed by atoms with Gasteiger partial charge in [-0.3, -0.25) is 4.79 Å². The van der Waals surface area contributed by atoms with Crippen molar-refractivity contribution < 1.29 is 19.4 Å². The lowest BCUT2D eigenvalue weighted by molar-refractivity contribution is -0.123. The first-order valence-corrected chi connectivity index (χ1v) is 9.28. The van der Waals surface area contributed by atoms with Crippen molar-refractivity contribution >= 4 is 12.0 Å². The summed E-state index contributed by atoms with van der Waals surface area (Å²) in [6.07, 6.45) is 2.98. The first kappa shape index (κ1) is 19.6. The average molecular weight is 380 g/mol. The van der Waals surface area contributed by atoms with Crippen LogP contribution in [0.4, 0.5) is 4.79 Å². The van der Waals surface area contributed by atoms with E-state index in [0.717, 1.165) is 11.1 Å². The normalized spacial score (nSPS) is 19.0. The maximum Gasteiger partial charge on any atom is 0.408 e. The molecule has 6 heteroatoms. The number of carbonyl (C=O) groups is 2. The lowest BCUT2D eigenvalue weighted by Gasteiger charge is -2.21. The Bertz CT molecular complexity index is 808. The fourth-order valence-corrected chi connectivity index (χ4v) is 3.04. The Balaban J connectivity index is 1.60. The van der Waals surface area contributed by atoms with Crippen LogP contribution in [-0.4, -0.2) is 35.3 Å². The van der Waals surface area contributed by atoms with E-state index in [2.05, 4.69) is 10.6 Å². The second-order valence-corrected chi connectivity index (χ2v) is 6.75. The average Bonchev–Trinajstić information content (AvgIpc) is 3.12. The first-order chi connectivity index (χ1) is 13.6. The van der Waals surface area contributed by atoms with E-state index in [-0.39, 0.29) is 18.6 Å². The SMILES string of the molecule is O=C(N[C@@H](Cc1ccccc1)C(=O)N[C@H]1C=C[C@@H](O)C1)OCc1ccccc1. The van der Waals surface area contributed by atoms with E-state index in [4.69, 9.17) is 4.74 Å². The number of hydrogen-bond acceptors (Lipinski definition) is 4. The molecule has 3 atom stereocenters. The highest BCUT2D eigenvalue weighted by Crippen LogP contribution is 2.11. The predicted molar refractivity (Wildman–Crippen MR) is 105 cm³/mol. The molecule has 146 valence electrons. The van der Waals surface area contributed by atoms with E-state index in [9.17, 15) is 14.7 Å². The highest BCUT2D eigenvalue weighted by molar-refractivity contribution is 5.86. The van der Waals surface area contributed by atoms with Crippen molar-refractivity contribution in [3.05, 3.63) is 83.9 Å². The molecule has 1 aliphatic carbocycles. The van der Waals surface area contributed by atoms with Gasteiger partial charge < -0.3 is 20.5 Å². The zero-order chi connectivity index (χ0) is 19.8. The summed E-state index contributed by atoms with van der Waals surface area (Å²) in [5.41, 5.74) is 1.79. The fraction of sp³-hybridized carbons (Fsp3) is 0.273. The van der Waals surface area contributed by atoms with Gasteiger partial charge in [0, 0.05) is 12.8 Å². The monoisotopic (exact) mass is 380 g/mol. The minimum Gasteiger partial charge on any atom is -0.445 e. The number of carbonyl (C=O) groups excluding carboxylic acids is 2. The summed E-state index contributed by atoms with van der Waals surface area (Å²) < 4.78 is 5.25. The molecule has 0 saturated heterocycles. The van der Waals surface area contributed by atoms with Crippen LogP contribution < -0.4 is 10.6 Å². The zero-order valence-corrected chi connectivity index (χ0v) is 15.5. The Morgan fingerprint density at radius 3 is 2.25 bits per heavy atom. The third kappa shape index (κ3) is 5.96. The number of benzene rings is 2. The molecule has 28 heavy (non-hydrogen) atoms. The van der Waals surface area contributed by atoms with Crippen LogP contribution in [0.5, 0.6) is 0 Å². The van der Waals surface area contributed by atoms with Crippen LogP contribution in [0.2, 0.25) is 0 Å². The molecule has 2 amide bonds.